The number of benzene rings is 1. The number of piperidine rings is 1. The molecule has 0 N–H and O–H groups in total. The Balaban J connectivity index is 1.19. The topological polar surface area (TPSA) is 75.9 Å². The summed E-state index contributed by atoms with van der Waals surface area (Å²) in [7, 11) is 1.64. The van der Waals surface area contributed by atoms with E-state index in [1.807, 2.05) is 40.1 Å². The number of hydrogen-bond donors (Lipinski definition) is 0. The monoisotopic (exact) mass is 443 g/mol. The number of amides is 2. The van der Waals surface area contributed by atoms with Gasteiger partial charge < -0.3 is 19.1 Å². The summed E-state index contributed by atoms with van der Waals surface area (Å²) >= 11 is 1.53. The normalized spacial score (nSPS) is 17.2. The molecule has 2 aliphatic rings. The van der Waals surface area contributed by atoms with E-state index in [1.165, 1.54) is 11.8 Å². The van der Waals surface area contributed by atoms with Gasteiger partial charge in [-0.05, 0) is 49.9 Å². The van der Waals surface area contributed by atoms with Gasteiger partial charge in [-0.1, -0.05) is 5.16 Å². The van der Waals surface area contributed by atoms with Crippen LogP contribution in [0.4, 0.5) is 0 Å². The molecular weight excluding hydrogens is 414 g/mol. The molecule has 2 saturated heterocycles. The molecule has 0 radical (unpaired) electrons. The molecule has 0 unspecified atom stereocenters. The second kappa shape index (κ2) is 10.2. The summed E-state index contributed by atoms with van der Waals surface area (Å²) in [5.41, 5.74) is 1.73. The van der Waals surface area contributed by atoms with Crippen LogP contribution in [0.25, 0.3) is 11.3 Å². The van der Waals surface area contributed by atoms with E-state index in [0.717, 1.165) is 61.5 Å². The van der Waals surface area contributed by atoms with Crippen LogP contribution < -0.4 is 4.74 Å². The number of nitrogens with zero attached hydrogens (tertiary/aromatic N) is 3. The van der Waals surface area contributed by atoms with Gasteiger partial charge in [0.25, 0.3) is 0 Å². The number of carbonyl (C=O) groups is 2. The third-order valence-corrected chi connectivity index (χ3v) is 6.97. The Labute approximate surface area is 187 Å². The zero-order valence-electron chi connectivity index (χ0n) is 17.9. The molecule has 2 amide bonds. The fourth-order valence-electron chi connectivity index (χ4n) is 4.18. The summed E-state index contributed by atoms with van der Waals surface area (Å²) in [6, 6.07) is 9.57. The Hall–Kier alpha value is -2.48. The highest BCUT2D eigenvalue weighted by atomic mass is 32.2. The lowest BCUT2D eigenvalue weighted by molar-refractivity contribution is -0.139. The van der Waals surface area contributed by atoms with Crippen LogP contribution in [-0.4, -0.2) is 65.8 Å². The summed E-state index contributed by atoms with van der Waals surface area (Å²) in [5.74, 6) is 3.05. The first-order valence-electron chi connectivity index (χ1n) is 10.9. The Kier molecular flexibility index (Phi) is 7.17. The van der Waals surface area contributed by atoms with Crippen LogP contribution in [0.1, 0.15) is 31.4 Å². The molecule has 3 heterocycles. The van der Waals surface area contributed by atoms with Gasteiger partial charge in [-0.15, -0.1) is 11.8 Å². The van der Waals surface area contributed by atoms with Gasteiger partial charge in [0, 0.05) is 43.7 Å². The van der Waals surface area contributed by atoms with Crippen LogP contribution in [0.5, 0.6) is 5.75 Å². The number of ether oxygens (including phenoxy) is 1. The number of carbonyl (C=O) groups excluding carboxylic acids is 2. The van der Waals surface area contributed by atoms with Crippen LogP contribution in [0, 0.1) is 5.92 Å². The van der Waals surface area contributed by atoms with Crippen molar-refractivity contribution in [2.45, 2.75) is 31.4 Å². The first-order chi connectivity index (χ1) is 15.1. The van der Waals surface area contributed by atoms with E-state index in [4.69, 9.17) is 9.26 Å². The van der Waals surface area contributed by atoms with E-state index in [1.54, 1.807) is 7.11 Å². The van der Waals surface area contributed by atoms with Crippen LogP contribution in [-0.2, 0) is 15.3 Å². The summed E-state index contributed by atoms with van der Waals surface area (Å²) in [6.07, 6.45) is 3.79. The lowest BCUT2D eigenvalue weighted by Crippen LogP contribution is -2.44. The fourth-order valence-corrected chi connectivity index (χ4v) is 4.98. The Bertz CT molecular complexity index is 884. The van der Waals surface area contributed by atoms with E-state index >= 15 is 0 Å². The van der Waals surface area contributed by atoms with E-state index in [-0.39, 0.29) is 17.7 Å². The second-order valence-electron chi connectivity index (χ2n) is 8.09. The SMILES string of the molecule is COc1ccc(-c2cc(CSCC(=O)N3CCC(C(=O)N4CCCC4)CC3)on2)cc1. The van der Waals surface area contributed by atoms with E-state index in [0.29, 0.717) is 24.6 Å². The van der Waals surface area contributed by atoms with Crippen molar-refractivity contribution in [3.63, 3.8) is 0 Å². The number of methoxy groups -OCH3 is 1. The van der Waals surface area contributed by atoms with Gasteiger partial charge in [0.2, 0.25) is 11.8 Å². The van der Waals surface area contributed by atoms with Crippen molar-refractivity contribution < 1.29 is 18.8 Å². The molecule has 0 atom stereocenters. The van der Waals surface area contributed by atoms with Gasteiger partial charge in [-0.3, -0.25) is 9.59 Å². The van der Waals surface area contributed by atoms with Gasteiger partial charge in [0.1, 0.15) is 17.2 Å². The lowest BCUT2D eigenvalue weighted by atomic mass is 9.95. The summed E-state index contributed by atoms with van der Waals surface area (Å²) in [5, 5.41) is 4.13. The largest absolute Gasteiger partial charge is 0.497 e. The molecule has 0 aliphatic carbocycles. The van der Waals surface area contributed by atoms with E-state index in [2.05, 4.69) is 5.16 Å². The maximum atomic E-state index is 12.6. The van der Waals surface area contributed by atoms with Crippen molar-refractivity contribution in [1.82, 2.24) is 15.0 Å². The molecule has 0 bridgehead atoms. The summed E-state index contributed by atoms with van der Waals surface area (Å²) < 4.78 is 10.6. The minimum absolute atomic E-state index is 0.0837. The van der Waals surface area contributed by atoms with Gasteiger partial charge in [0.15, 0.2) is 0 Å². The summed E-state index contributed by atoms with van der Waals surface area (Å²) in [4.78, 5) is 29.0. The Morgan fingerprint density at radius 1 is 1.10 bits per heavy atom. The zero-order valence-corrected chi connectivity index (χ0v) is 18.7. The summed E-state index contributed by atoms with van der Waals surface area (Å²) in [6.45, 7) is 3.15. The molecule has 8 heteroatoms. The number of likely N-dealkylation sites (tertiary alicyclic amines) is 2. The van der Waals surface area contributed by atoms with Crippen molar-refractivity contribution in [3.05, 3.63) is 36.1 Å². The van der Waals surface area contributed by atoms with Gasteiger partial charge >= 0.3 is 0 Å². The highest BCUT2D eigenvalue weighted by molar-refractivity contribution is 7.99. The first-order valence-corrected chi connectivity index (χ1v) is 12.0. The van der Waals surface area contributed by atoms with Crippen LogP contribution in [0.15, 0.2) is 34.9 Å². The van der Waals surface area contributed by atoms with Crippen molar-refractivity contribution in [2.24, 2.45) is 5.92 Å². The molecule has 2 aromatic rings. The number of rotatable bonds is 7. The molecular formula is C23H29N3O4S. The predicted molar refractivity (Wildman–Crippen MR) is 120 cm³/mol. The fraction of sp³-hybridized carbons (Fsp3) is 0.522. The molecule has 0 saturated carbocycles. The van der Waals surface area contributed by atoms with Crippen LogP contribution in [0.3, 0.4) is 0 Å². The average Bonchev–Trinajstić information content (AvgIpc) is 3.51. The van der Waals surface area contributed by atoms with Crippen molar-refractivity contribution in [2.75, 3.05) is 39.0 Å². The molecule has 7 nitrogen and oxygen atoms in total. The second-order valence-corrected chi connectivity index (χ2v) is 9.07. The number of hydrogen-bond acceptors (Lipinski definition) is 6. The molecule has 2 fully saturated rings. The van der Waals surface area contributed by atoms with Crippen molar-refractivity contribution >= 4 is 23.6 Å². The molecule has 1 aromatic carbocycles. The maximum Gasteiger partial charge on any atom is 0.232 e. The van der Waals surface area contributed by atoms with Crippen LogP contribution in [0.2, 0.25) is 0 Å². The zero-order chi connectivity index (χ0) is 21.6. The molecule has 0 spiro atoms. The standard InChI is InChI=1S/C23H29N3O4S/c1-29-19-6-4-17(5-7-19)21-14-20(30-24-21)15-31-16-22(27)25-12-8-18(9-13-25)23(28)26-10-2-3-11-26/h4-7,14,18H,2-3,8-13,15-16H2,1H3. The minimum Gasteiger partial charge on any atom is -0.497 e. The third-order valence-electron chi connectivity index (χ3n) is 6.03. The van der Waals surface area contributed by atoms with Crippen LogP contribution >= 0.6 is 11.8 Å². The predicted octanol–water partition coefficient (Wildman–Crippen LogP) is 3.44. The number of aromatic nitrogens is 1. The van der Waals surface area contributed by atoms with E-state index < -0.39 is 0 Å². The molecule has 4 rings (SSSR count). The van der Waals surface area contributed by atoms with Gasteiger partial charge in [-0.2, -0.15) is 0 Å². The highest BCUT2D eigenvalue weighted by Gasteiger charge is 2.31. The molecule has 2 aliphatic heterocycles. The third kappa shape index (κ3) is 5.42. The molecule has 31 heavy (non-hydrogen) atoms. The Morgan fingerprint density at radius 3 is 2.48 bits per heavy atom. The number of thioether (sulfide) groups is 1. The van der Waals surface area contributed by atoms with Gasteiger partial charge in [-0.25, -0.2) is 0 Å². The van der Waals surface area contributed by atoms with E-state index in [9.17, 15) is 9.59 Å². The molecule has 1 aromatic heterocycles. The lowest BCUT2D eigenvalue weighted by Gasteiger charge is -2.33. The highest BCUT2D eigenvalue weighted by Crippen LogP contribution is 2.25. The Morgan fingerprint density at radius 2 is 1.81 bits per heavy atom. The first kappa shape index (κ1) is 21.7. The molecule has 166 valence electrons. The smallest absolute Gasteiger partial charge is 0.232 e. The van der Waals surface area contributed by atoms with Crippen molar-refractivity contribution in [1.29, 1.82) is 0 Å². The maximum absolute atomic E-state index is 12.6. The quantitative estimate of drug-likeness (QED) is 0.653. The van der Waals surface area contributed by atoms with Gasteiger partial charge in [0.05, 0.1) is 18.6 Å². The minimum atomic E-state index is 0.0837. The van der Waals surface area contributed by atoms with Crippen molar-refractivity contribution in [3.8, 4) is 17.0 Å². The average molecular weight is 444 g/mol.